The van der Waals surface area contributed by atoms with Crippen LogP contribution in [0.4, 0.5) is 4.39 Å². The van der Waals surface area contributed by atoms with Gasteiger partial charge in [0.2, 0.25) is 0 Å². The maximum atomic E-state index is 13.1. The lowest BCUT2D eigenvalue weighted by Gasteiger charge is -2.31. The van der Waals surface area contributed by atoms with Crippen LogP contribution in [0.5, 0.6) is 0 Å². The average Bonchev–Trinajstić information content (AvgIpc) is 2.52. The summed E-state index contributed by atoms with van der Waals surface area (Å²) >= 11 is 0. The molecule has 6 nitrogen and oxygen atoms in total. The van der Waals surface area contributed by atoms with Crippen molar-refractivity contribution < 1.29 is 9.18 Å². The van der Waals surface area contributed by atoms with Crippen molar-refractivity contribution in [3.8, 4) is 6.07 Å². The third kappa shape index (κ3) is 7.18. The van der Waals surface area contributed by atoms with Crippen molar-refractivity contribution in [3.63, 3.8) is 0 Å². The van der Waals surface area contributed by atoms with Gasteiger partial charge >= 0.3 is 0 Å². The lowest BCUT2D eigenvalue weighted by molar-refractivity contribution is 0.0843. The Labute approximate surface area is 153 Å². The Balaban J connectivity index is 3.24. The molecule has 0 aliphatic rings. The van der Waals surface area contributed by atoms with E-state index in [9.17, 15) is 9.18 Å². The first-order chi connectivity index (χ1) is 12.0. The SMILES string of the molecule is C=C(C#N)N=C(/C=C(/C)N)N(CC(C)(C)C)NC(=O)c1ccc(F)cc1. The fourth-order valence-electron chi connectivity index (χ4n) is 1.98. The summed E-state index contributed by atoms with van der Waals surface area (Å²) in [5, 5.41) is 10.5. The summed E-state index contributed by atoms with van der Waals surface area (Å²) in [6.07, 6.45) is 1.54. The number of amidine groups is 1. The molecule has 0 spiro atoms. The smallest absolute Gasteiger partial charge is 0.269 e. The van der Waals surface area contributed by atoms with Crippen LogP contribution in [0.1, 0.15) is 38.1 Å². The number of carbonyl (C=O) groups is 1. The molecule has 1 aromatic carbocycles. The summed E-state index contributed by atoms with van der Waals surface area (Å²) in [5.41, 5.74) is 9.00. The Morgan fingerprint density at radius 2 is 2.00 bits per heavy atom. The average molecular weight is 357 g/mol. The van der Waals surface area contributed by atoms with Gasteiger partial charge in [-0.2, -0.15) is 5.26 Å². The molecule has 0 unspecified atom stereocenters. The molecule has 3 N–H and O–H groups in total. The summed E-state index contributed by atoms with van der Waals surface area (Å²) in [4.78, 5) is 16.7. The van der Waals surface area contributed by atoms with Crippen LogP contribution in [0, 0.1) is 22.6 Å². The van der Waals surface area contributed by atoms with Gasteiger partial charge in [-0.1, -0.05) is 27.4 Å². The molecule has 138 valence electrons. The molecule has 0 bridgehead atoms. The van der Waals surface area contributed by atoms with Crippen molar-refractivity contribution in [2.24, 2.45) is 16.1 Å². The van der Waals surface area contributed by atoms with E-state index < -0.39 is 11.7 Å². The number of hydrogen-bond donors (Lipinski definition) is 2. The van der Waals surface area contributed by atoms with Crippen LogP contribution in [0.3, 0.4) is 0 Å². The van der Waals surface area contributed by atoms with Gasteiger partial charge in [0.25, 0.3) is 5.91 Å². The number of halogens is 1. The highest BCUT2D eigenvalue weighted by molar-refractivity contribution is 5.99. The molecule has 0 aromatic heterocycles. The second-order valence-electron chi connectivity index (χ2n) is 7.01. The number of nitrogens with one attached hydrogen (secondary N) is 1. The normalized spacial score (nSPS) is 12.3. The summed E-state index contributed by atoms with van der Waals surface area (Å²) in [5.74, 6) is -0.586. The van der Waals surface area contributed by atoms with Crippen LogP contribution < -0.4 is 11.2 Å². The van der Waals surface area contributed by atoms with E-state index in [0.29, 0.717) is 12.2 Å². The van der Waals surface area contributed by atoms with Crippen molar-refractivity contribution in [1.82, 2.24) is 10.4 Å². The highest BCUT2D eigenvalue weighted by Gasteiger charge is 2.21. The maximum absolute atomic E-state index is 13.1. The quantitative estimate of drug-likeness (QED) is 0.375. The molecule has 26 heavy (non-hydrogen) atoms. The molecule has 0 atom stereocenters. The van der Waals surface area contributed by atoms with Gasteiger partial charge in [-0.3, -0.25) is 15.2 Å². The van der Waals surface area contributed by atoms with E-state index in [2.05, 4.69) is 17.0 Å². The molecule has 1 rings (SSSR count). The van der Waals surface area contributed by atoms with Crippen molar-refractivity contribution in [2.75, 3.05) is 6.54 Å². The third-order valence-electron chi connectivity index (χ3n) is 2.99. The molecule has 1 amide bonds. The third-order valence-corrected chi connectivity index (χ3v) is 2.99. The van der Waals surface area contributed by atoms with Gasteiger partial charge in [0.05, 0.1) is 0 Å². The van der Waals surface area contributed by atoms with E-state index in [-0.39, 0.29) is 22.5 Å². The number of allylic oxidation sites excluding steroid dienone is 2. The zero-order valence-electron chi connectivity index (χ0n) is 15.5. The van der Waals surface area contributed by atoms with Crippen LogP contribution in [0.25, 0.3) is 0 Å². The summed E-state index contributed by atoms with van der Waals surface area (Å²) in [7, 11) is 0. The Morgan fingerprint density at radius 1 is 1.42 bits per heavy atom. The van der Waals surface area contributed by atoms with E-state index in [0.717, 1.165) is 0 Å². The molecule has 0 saturated heterocycles. The van der Waals surface area contributed by atoms with E-state index in [1.54, 1.807) is 13.0 Å². The van der Waals surface area contributed by atoms with Gasteiger partial charge in [0, 0.05) is 23.9 Å². The molecule has 0 aliphatic heterocycles. The minimum Gasteiger partial charge on any atom is -0.402 e. The van der Waals surface area contributed by atoms with E-state index in [1.807, 2.05) is 26.8 Å². The van der Waals surface area contributed by atoms with Crippen LogP contribution in [-0.4, -0.2) is 23.3 Å². The number of nitriles is 1. The van der Waals surface area contributed by atoms with Crippen molar-refractivity contribution in [1.29, 1.82) is 5.26 Å². The Morgan fingerprint density at radius 3 is 2.46 bits per heavy atom. The molecule has 0 saturated carbocycles. The topological polar surface area (TPSA) is 94.5 Å². The first-order valence-corrected chi connectivity index (χ1v) is 7.97. The fraction of sp³-hybridized carbons (Fsp3) is 0.316. The highest BCUT2D eigenvalue weighted by atomic mass is 19.1. The summed E-state index contributed by atoms with van der Waals surface area (Å²) in [6.45, 7) is 11.6. The molecule has 1 aromatic rings. The monoisotopic (exact) mass is 357 g/mol. The van der Waals surface area contributed by atoms with E-state index in [1.165, 1.54) is 29.3 Å². The molecule has 0 fully saturated rings. The predicted octanol–water partition coefficient (Wildman–Crippen LogP) is 3.12. The Hall–Kier alpha value is -3.14. The Kier molecular flexibility index (Phi) is 7.08. The van der Waals surface area contributed by atoms with Crippen molar-refractivity contribution in [2.45, 2.75) is 27.7 Å². The minimum atomic E-state index is -0.437. The van der Waals surface area contributed by atoms with Gasteiger partial charge in [-0.25, -0.2) is 9.38 Å². The fourth-order valence-corrected chi connectivity index (χ4v) is 1.98. The minimum absolute atomic E-state index is 0.0209. The number of amides is 1. The number of rotatable bonds is 4. The number of aliphatic imine (C=N–C) groups is 1. The molecule has 7 heteroatoms. The number of nitrogens with zero attached hydrogens (tertiary/aromatic N) is 3. The lowest BCUT2D eigenvalue weighted by Crippen LogP contribution is -2.49. The second-order valence-corrected chi connectivity index (χ2v) is 7.01. The van der Waals surface area contributed by atoms with E-state index >= 15 is 0 Å². The van der Waals surface area contributed by atoms with E-state index in [4.69, 9.17) is 11.0 Å². The van der Waals surface area contributed by atoms with Gasteiger partial charge < -0.3 is 5.73 Å². The van der Waals surface area contributed by atoms with Crippen molar-refractivity contribution in [3.05, 3.63) is 59.7 Å². The zero-order chi connectivity index (χ0) is 19.9. The number of nitrogens with two attached hydrogens (primary N) is 1. The van der Waals surface area contributed by atoms with Gasteiger partial charge in [-0.05, 0) is 36.6 Å². The maximum Gasteiger partial charge on any atom is 0.269 e. The molecule has 0 heterocycles. The molecular formula is C19H24FN5O. The zero-order valence-corrected chi connectivity index (χ0v) is 15.5. The second kappa shape index (κ2) is 8.81. The van der Waals surface area contributed by atoms with Gasteiger partial charge in [0.1, 0.15) is 23.4 Å². The first-order valence-electron chi connectivity index (χ1n) is 7.97. The lowest BCUT2D eigenvalue weighted by atomic mass is 9.96. The number of carbonyl (C=O) groups excluding carboxylic acids is 1. The van der Waals surface area contributed by atoms with Crippen LogP contribution in [0.2, 0.25) is 0 Å². The number of hydrazine groups is 1. The molecule has 0 aliphatic carbocycles. The van der Waals surface area contributed by atoms with Crippen molar-refractivity contribution >= 4 is 11.7 Å². The summed E-state index contributed by atoms with van der Waals surface area (Å²) < 4.78 is 13.1. The highest BCUT2D eigenvalue weighted by Crippen LogP contribution is 2.16. The largest absolute Gasteiger partial charge is 0.402 e. The van der Waals surface area contributed by atoms with Crippen LogP contribution in [0.15, 0.2) is 53.3 Å². The number of benzene rings is 1. The summed E-state index contributed by atoms with van der Waals surface area (Å²) in [6, 6.07) is 7.03. The van der Waals surface area contributed by atoms with Gasteiger partial charge in [-0.15, -0.1) is 0 Å². The standard InChI is InChI=1S/C19H24FN5O/c1-13(22)10-17(23-14(2)11-21)25(12-19(3,4)5)24-18(26)15-6-8-16(20)9-7-15/h6-10H,2,12,22H2,1,3-5H3,(H,24,26)/b13-10-,23-17?. The van der Waals surface area contributed by atoms with Crippen LogP contribution in [-0.2, 0) is 0 Å². The van der Waals surface area contributed by atoms with Gasteiger partial charge in [0.15, 0.2) is 0 Å². The molecular weight excluding hydrogens is 333 g/mol. The Bertz CT molecular complexity index is 763. The number of hydrogen-bond acceptors (Lipinski definition) is 4. The van der Waals surface area contributed by atoms with Crippen LogP contribution >= 0.6 is 0 Å². The first kappa shape index (κ1) is 20.9. The predicted molar refractivity (Wildman–Crippen MR) is 100 cm³/mol. The molecule has 0 radical (unpaired) electrons.